The summed E-state index contributed by atoms with van der Waals surface area (Å²) in [5.74, 6) is -0.152. The summed E-state index contributed by atoms with van der Waals surface area (Å²) in [5, 5.41) is 3.04. The minimum absolute atomic E-state index is 0. The highest BCUT2D eigenvalue weighted by atomic mass is 35.5. The zero-order valence-electron chi connectivity index (χ0n) is 12.2. The minimum Gasteiger partial charge on any atom is -0.347 e. The summed E-state index contributed by atoms with van der Waals surface area (Å²) in [6.07, 6.45) is 1.03. The van der Waals surface area contributed by atoms with E-state index in [0.717, 1.165) is 12.0 Å². The first-order valence-corrected chi connectivity index (χ1v) is 6.52. The van der Waals surface area contributed by atoms with Crippen LogP contribution in [0.4, 0.5) is 0 Å². The predicted octanol–water partition coefficient (Wildman–Crippen LogP) is 2.62. The Morgan fingerprint density at radius 2 is 1.84 bits per heavy atom. The van der Waals surface area contributed by atoms with Crippen LogP contribution in [0.3, 0.4) is 0 Å². The van der Waals surface area contributed by atoms with Gasteiger partial charge in [-0.1, -0.05) is 38.1 Å². The molecule has 19 heavy (non-hydrogen) atoms. The molecule has 0 radical (unpaired) electrons. The number of nitrogens with two attached hydrogens (primary N) is 1. The monoisotopic (exact) mass is 284 g/mol. The van der Waals surface area contributed by atoms with Gasteiger partial charge in [0.2, 0.25) is 5.91 Å². The first kappa shape index (κ1) is 17.9. The van der Waals surface area contributed by atoms with Crippen LogP contribution in [0.1, 0.15) is 38.8 Å². The van der Waals surface area contributed by atoms with Gasteiger partial charge in [0.05, 0.1) is 5.54 Å². The minimum atomic E-state index is -0.368. The molecule has 3 nitrogen and oxygen atoms in total. The molecule has 0 aliphatic carbocycles. The average molecular weight is 285 g/mol. The highest BCUT2D eigenvalue weighted by Gasteiger charge is 2.24. The third kappa shape index (κ3) is 4.84. The van der Waals surface area contributed by atoms with E-state index in [1.54, 1.807) is 0 Å². The van der Waals surface area contributed by atoms with Gasteiger partial charge in [-0.05, 0) is 31.4 Å². The molecule has 1 aromatic carbocycles. The first-order valence-electron chi connectivity index (χ1n) is 6.52. The van der Waals surface area contributed by atoms with E-state index in [0.29, 0.717) is 6.54 Å². The second-order valence-electron chi connectivity index (χ2n) is 5.30. The molecule has 0 bridgehead atoms. The van der Waals surface area contributed by atoms with Crippen molar-refractivity contribution in [1.29, 1.82) is 0 Å². The molecule has 0 aliphatic heterocycles. The van der Waals surface area contributed by atoms with E-state index in [2.05, 4.69) is 36.5 Å². The van der Waals surface area contributed by atoms with E-state index in [-0.39, 0.29) is 29.8 Å². The highest BCUT2D eigenvalue weighted by Crippen LogP contribution is 2.21. The smallest absolute Gasteiger partial charge is 0.224 e. The fourth-order valence-electron chi connectivity index (χ4n) is 1.77. The Kier molecular flexibility index (Phi) is 7.09. The lowest BCUT2D eigenvalue weighted by atomic mass is 9.92. The average Bonchev–Trinajstić information content (AvgIpc) is 2.37. The number of hydrogen-bond donors (Lipinski definition) is 2. The van der Waals surface area contributed by atoms with Gasteiger partial charge in [0.15, 0.2) is 0 Å². The van der Waals surface area contributed by atoms with Gasteiger partial charge < -0.3 is 11.1 Å². The van der Waals surface area contributed by atoms with Crippen LogP contribution in [0, 0.1) is 5.92 Å². The van der Waals surface area contributed by atoms with Gasteiger partial charge in [-0.25, -0.2) is 0 Å². The Labute approximate surface area is 122 Å². The summed E-state index contributed by atoms with van der Waals surface area (Å²) >= 11 is 0. The normalized spacial score (nSPS) is 12.5. The van der Waals surface area contributed by atoms with E-state index in [4.69, 9.17) is 5.73 Å². The van der Waals surface area contributed by atoms with Crippen LogP contribution >= 0.6 is 12.4 Å². The van der Waals surface area contributed by atoms with Gasteiger partial charge in [-0.15, -0.1) is 12.4 Å². The van der Waals surface area contributed by atoms with Crippen molar-refractivity contribution in [2.24, 2.45) is 11.7 Å². The van der Waals surface area contributed by atoms with Crippen molar-refractivity contribution in [2.75, 3.05) is 6.54 Å². The molecule has 1 unspecified atom stereocenters. The predicted molar refractivity (Wildman–Crippen MR) is 82.5 cm³/mol. The Bertz CT molecular complexity index is 401. The molecule has 0 saturated heterocycles. The molecule has 1 amide bonds. The molecule has 0 aliphatic rings. The van der Waals surface area contributed by atoms with Crippen LogP contribution in [-0.2, 0) is 16.8 Å². The van der Waals surface area contributed by atoms with Crippen molar-refractivity contribution < 1.29 is 4.79 Å². The second kappa shape index (κ2) is 7.51. The standard InChI is InChI=1S/C15H24N2O.ClH/c1-5-12-6-8-13(9-7-12)15(3,4)17-14(18)11(2)10-16;/h6-9,11H,5,10,16H2,1-4H3,(H,17,18);1H. The molecule has 3 N–H and O–H groups in total. The Morgan fingerprint density at radius 1 is 1.32 bits per heavy atom. The molecule has 108 valence electrons. The van der Waals surface area contributed by atoms with Crippen LogP contribution in [-0.4, -0.2) is 12.5 Å². The molecule has 1 atom stereocenters. The largest absolute Gasteiger partial charge is 0.347 e. The first-order chi connectivity index (χ1) is 8.40. The molecular weight excluding hydrogens is 260 g/mol. The fourth-order valence-corrected chi connectivity index (χ4v) is 1.77. The number of rotatable bonds is 5. The van der Waals surface area contributed by atoms with E-state index in [1.165, 1.54) is 5.56 Å². The van der Waals surface area contributed by atoms with Crippen LogP contribution in [0.25, 0.3) is 0 Å². The zero-order chi connectivity index (χ0) is 13.8. The molecule has 0 heterocycles. The number of amides is 1. The van der Waals surface area contributed by atoms with E-state index in [1.807, 2.05) is 20.8 Å². The Balaban J connectivity index is 0.00000324. The maximum Gasteiger partial charge on any atom is 0.224 e. The van der Waals surface area contributed by atoms with Gasteiger partial charge in [0.1, 0.15) is 0 Å². The zero-order valence-corrected chi connectivity index (χ0v) is 13.0. The van der Waals surface area contributed by atoms with Crippen LogP contribution < -0.4 is 11.1 Å². The SMILES string of the molecule is CCc1ccc(C(C)(C)NC(=O)C(C)CN)cc1.Cl. The van der Waals surface area contributed by atoms with Crippen LogP contribution in [0.5, 0.6) is 0 Å². The number of benzene rings is 1. The van der Waals surface area contributed by atoms with Crippen molar-refractivity contribution in [3.8, 4) is 0 Å². The number of nitrogens with one attached hydrogen (secondary N) is 1. The van der Waals surface area contributed by atoms with Gasteiger partial charge in [-0.3, -0.25) is 4.79 Å². The highest BCUT2D eigenvalue weighted by molar-refractivity contribution is 5.85. The van der Waals surface area contributed by atoms with E-state index < -0.39 is 0 Å². The lowest BCUT2D eigenvalue weighted by molar-refractivity contribution is -0.125. The molecule has 0 fully saturated rings. The number of carbonyl (C=O) groups is 1. The summed E-state index contributed by atoms with van der Waals surface area (Å²) in [7, 11) is 0. The molecule has 0 aromatic heterocycles. The van der Waals surface area contributed by atoms with Gasteiger partial charge in [0.25, 0.3) is 0 Å². The summed E-state index contributed by atoms with van der Waals surface area (Å²) < 4.78 is 0. The molecule has 1 aromatic rings. The maximum absolute atomic E-state index is 11.9. The van der Waals surface area contributed by atoms with E-state index in [9.17, 15) is 4.79 Å². The van der Waals surface area contributed by atoms with Crippen molar-refractivity contribution in [3.63, 3.8) is 0 Å². The maximum atomic E-state index is 11.9. The third-order valence-electron chi connectivity index (χ3n) is 3.32. The van der Waals surface area contributed by atoms with Crippen LogP contribution in [0.15, 0.2) is 24.3 Å². The summed E-state index contributed by atoms with van der Waals surface area (Å²) in [6.45, 7) is 8.36. The summed E-state index contributed by atoms with van der Waals surface area (Å²) in [6, 6.07) is 8.36. The van der Waals surface area contributed by atoms with Crippen molar-refractivity contribution in [1.82, 2.24) is 5.32 Å². The number of carbonyl (C=O) groups excluding carboxylic acids is 1. The van der Waals surface area contributed by atoms with Crippen LogP contribution in [0.2, 0.25) is 0 Å². The molecular formula is C15H25ClN2O. The van der Waals surface area contributed by atoms with Gasteiger partial charge in [-0.2, -0.15) is 0 Å². The third-order valence-corrected chi connectivity index (χ3v) is 3.32. The number of halogens is 1. The summed E-state index contributed by atoms with van der Waals surface area (Å²) in [5.41, 5.74) is 7.55. The van der Waals surface area contributed by atoms with Crippen molar-refractivity contribution in [2.45, 2.75) is 39.7 Å². The molecule has 1 rings (SSSR count). The summed E-state index contributed by atoms with van der Waals surface area (Å²) in [4.78, 5) is 11.9. The number of hydrogen-bond acceptors (Lipinski definition) is 2. The van der Waals surface area contributed by atoms with Gasteiger partial charge in [0, 0.05) is 12.5 Å². The second-order valence-corrected chi connectivity index (χ2v) is 5.30. The molecule has 4 heteroatoms. The van der Waals surface area contributed by atoms with Gasteiger partial charge >= 0.3 is 0 Å². The van der Waals surface area contributed by atoms with Crippen molar-refractivity contribution >= 4 is 18.3 Å². The van der Waals surface area contributed by atoms with Crippen molar-refractivity contribution in [3.05, 3.63) is 35.4 Å². The topological polar surface area (TPSA) is 55.1 Å². The lowest BCUT2D eigenvalue weighted by Gasteiger charge is -2.28. The molecule has 0 saturated carbocycles. The fraction of sp³-hybridized carbons (Fsp3) is 0.533. The Hall–Kier alpha value is -1.06. The number of aryl methyl sites for hydroxylation is 1. The Morgan fingerprint density at radius 3 is 2.26 bits per heavy atom. The molecule has 0 spiro atoms. The van der Waals surface area contributed by atoms with E-state index >= 15 is 0 Å². The lowest BCUT2D eigenvalue weighted by Crippen LogP contribution is -2.44. The quantitative estimate of drug-likeness (QED) is 0.873.